The summed E-state index contributed by atoms with van der Waals surface area (Å²) < 4.78 is 4.55. The van der Waals surface area contributed by atoms with E-state index < -0.39 is 4.11 Å². The van der Waals surface area contributed by atoms with E-state index >= 15 is 0 Å². The molecule has 0 fully saturated rings. The van der Waals surface area contributed by atoms with Crippen molar-refractivity contribution in [3.8, 4) is 12.3 Å². The molecule has 0 amide bonds. The number of benzene rings is 1. The van der Waals surface area contributed by atoms with Crippen LogP contribution in [0.1, 0.15) is 43.7 Å². The third kappa shape index (κ3) is 6.95. The number of unbranched alkanes of at least 4 members (excludes halogenated alkanes) is 3. The molecule has 1 aromatic rings. The van der Waals surface area contributed by atoms with Crippen LogP contribution >= 0.6 is 22.6 Å². The Hall–Kier alpha value is -1.02. The lowest BCUT2D eigenvalue weighted by atomic mass is 10.0. The van der Waals surface area contributed by atoms with Gasteiger partial charge in [-0.2, -0.15) is 0 Å². The van der Waals surface area contributed by atoms with Gasteiger partial charge in [0.2, 0.25) is 4.11 Å². The average molecular weight is 384 g/mol. The normalized spacial score (nSPS) is 11.7. The van der Waals surface area contributed by atoms with E-state index in [1.54, 1.807) is 0 Å². The van der Waals surface area contributed by atoms with Crippen LogP contribution in [0.25, 0.3) is 0 Å². The number of alkyl halides is 1. The lowest BCUT2D eigenvalue weighted by Gasteiger charge is -2.07. The fourth-order valence-electron chi connectivity index (χ4n) is 1.94. The summed E-state index contributed by atoms with van der Waals surface area (Å²) in [6, 6.07) is 8.18. The van der Waals surface area contributed by atoms with Gasteiger partial charge in [0.05, 0.1) is 6.42 Å². The van der Waals surface area contributed by atoms with E-state index in [4.69, 9.17) is 11.2 Å². The van der Waals surface area contributed by atoms with Crippen LogP contribution in [0.5, 0.6) is 0 Å². The Kier molecular flexibility index (Phi) is 8.36. The van der Waals surface area contributed by atoms with Crippen LogP contribution in [0, 0.1) is 12.3 Å². The fraction of sp³-hybridized carbons (Fsp3) is 0.471. The number of rotatable bonds is 8. The summed E-state index contributed by atoms with van der Waals surface area (Å²) in [6.07, 6.45) is 11.6. The molecule has 0 aliphatic rings. The van der Waals surface area contributed by atoms with Crippen molar-refractivity contribution >= 4 is 28.6 Å². The number of halogens is 1. The van der Waals surface area contributed by atoms with Crippen molar-refractivity contribution in [2.75, 3.05) is 0 Å². The molecule has 0 aliphatic heterocycles. The minimum atomic E-state index is -0.488. The van der Waals surface area contributed by atoms with Crippen LogP contribution in [0.2, 0.25) is 0 Å². The third-order valence-electron chi connectivity index (χ3n) is 3.06. The Morgan fingerprint density at radius 1 is 1.25 bits per heavy atom. The standard InChI is InChI=1S/C17H21IO2/c1-3-5-6-7-8-14-9-11-15(12-10-14)13-17(19)20-16(18)4-2/h2,9-12,16H,3,5-8,13H2,1H3. The Balaban J connectivity index is 2.38. The molecule has 0 aromatic heterocycles. The Labute approximate surface area is 135 Å². The van der Waals surface area contributed by atoms with Crippen LogP contribution in [0.15, 0.2) is 24.3 Å². The van der Waals surface area contributed by atoms with Crippen molar-refractivity contribution in [3.05, 3.63) is 35.4 Å². The highest BCUT2D eigenvalue weighted by Crippen LogP contribution is 2.11. The molecule has 20 heavy (non-hydrogen) atoms. The largest absolute Gasteiger partial charge is 0.439 e. The molecule has 0 aliphatic carbocycles. The molecule has 1 rings (SSSR count). The number of terminal acetylenes is 1. The second-order valence-electron chi connectivity index (χ2n) is 4.78. The Morgan fingerprint density at radius 3 is 2.50 bits per heavy atom. The molecule has 1 aromatic carbocycles. The summed E-state index contributed by atoms with van der Waals surface area (Å²) >= 11 is 1.91. The molecule has 108 valence electrons. The molecule has 0 spiro atoms. The number of hydrogen-bond donors (Lipinski definition) is 0. The quantitative estimate of drug-likeness (QED) is 0.220. The van der Waals surface area contributed by atoms with Crippen LogP contribution < -0.4 is 0 Å². The Morgan fingerprint density at radius 2 is 1.90 bits per heavy atom. The second kappa shape index (κ2) is 9.82. The van der Waals surface area contributed by atoms with E-state index in [1.807, 2.05) is 34.7 Å². The van der Waals surface area contributed by atoms with Gasteiger partial charge in [-0.1, -0.05) is 56.4 Å². The Bertz CT molecular complexity index is 445. The van der Waals surface area contributed by atoms with Crippen molar-refractivity contribution in [3.63, 3.8) is 0 Å². The van der Waals surface area contributed by atoms with E-state index in [-0.39, 0.29) is 12.4 Å². The van der Waals surface area contributed by atoms with Gasteiger partial charge in [0, 0.05) is 0 Å². The summed E-state index contributed by atoms with van der Waals surface area (Å²) in [5.41, 5.74) is 2.29. The van der Waals surface area contributed by atoms with E-state index in [2.05, 4.69) is 25.0 Å². The first-order valence-corrected chi connectivity index (χ1v) is 8.27. The average Bonchev–Trinajstić information content (AvgIpc) is 2.45. The predicted molar refractivity (Wildman–Crippen MR) is 90.7 cm³/mol. The molecule has 0 saturated carbocycles. The molecule has 2 nitrogen and oxygen atoms in total. The van der Waals surface area contributed by atoms with Crippen molar-refractivity contribution in [1.82, 2.24) is 0 Å². The first kappa shape index (κ1) is 17.0. The van der Waals surface area contributed by atoms with Crippen molar-refractivity contribution in [2.45, 2.75) is 49.6 Å². The topological polar surface area (TPSA) is 26.3 Å². The van der Waals surface area contributed by atoms with Gasteiger partial charge in [-0.05, 0) is 46.6 Å². The van der Waals surface area contributed by atoms with Crippen molar-refractivity contribution < 1.29 is 9.53 Å². The number of carbonyl (C=O) groups is 1. The molecule has 0 radical (unpaired) electrons. The van der Waals surface area contributed by atoms with E-state index in [1.165, 1.54) is 31.2 Å². The van der Waals surface area contributed by atoms with E-state index in [0.29, 0.717) is 0 Å². The van der Waals surface area contributed by atoms with Gasteiger partial charge in [-0.3, -0.25) is 4.79 Å². The number of hydrogen-bond acceptors (Lipinski definition) is 2. The number of ether oxygens (including phenoxy) is 1. The monoisotopic (exact) mass is 384 g/mol. The summed E-state index contributed by atoms with van der Waals surface area (Å²) in [5.74, 6) is 2.09. The molecule has 0 heterocycles. The highest BCUT2D eigenvalue weighted by molar-refractivity contribution is 14.1. The van der Waals surface area contributed by atoms with E-state index in [0.717, 1.165) is 12.0 Å². The zero-order chi connectivity index (χ0) is 14.8. The second-order valence-corrected chi connectivity index (χ2v) is 5.91. The lowest BCUT2D eigenvalue weighted by molar-refractivity contribution is -0.142. The summed E-state index contributed by atoms with van der Waals surface area (Å²) in [7, 11) is 0. The zero-order valence-corrected chi connectivity index (χ0v) is 14.1. The van der Waals surface area contributed by atoms with E-state index in [9.17, 15) is 4.79 Å². The molecule has 0 bridgehead atoms. The predicted octanol–water partition coefficient (Wildman–Crippen LogP) is 4.29. The first-order chi connectivity index (χ1) is 9.65. The highest BCUT2D eigenvalue weighted by atomic mass is 127. The molecule has 1 unspecified atom stereocenters. The highest BCUT2D eigenvalue weighted by Gasteiger charge is 2.08. The maximum atomic E-state index is 11.6. The maximum absolute atomic E-state index is 11.6. The molecular weight excluding hydrogens is 363 g/mol. The lowest BCUT2D eigenvalue weighted by Crippen LogP contribution is -2.12. The van der Waals surface area contributed by atoms with Crippen molar-refractivity contribution in [2.24, 2.45) is 0 Å². The summed E-state index contributed by atoms with van der Waals surface area (Å²) in [4.78, 5) is 11.6. The SMILES string of the molecule is C#CC(I)OC(=O)Cc1ccc(CCCCCC)cc1. The van der Waals surface area contributed by atoms with Gasteiger partial charge in [0.25, 0.3) is 0 Å². The fourth-order valence-corrected chi connectivity index (χ4v) is 2.22. The molecular formula is C17H21IO2. The minimum Gasteiger partial charge on any atom is -0.439 e. The van der Waals surface area contributed by atoms with Crippen LogP contribution in [0.4, 0.5) is 0 Å². The van der Waals surface area contributed by atoms with Gasteiger partial charge >= 0.3 is 5.97 Å². The number of esters is 1. The molecule has 0 N–H and O–H groups in total. The smallest absolute Gasteiger partial charge is 0.312 e. The minimum absolute atomic E-state index is 0.275. The summed E-state index contributed by atoms with van der Waals surface area (Å²) in [5, 5.41) is 0. The van der Waals surface area contributed by atoms with Crippen LogP contribution in [-0.2, 0) is 22.4 Å². The van der Waals surface area contributed by atoms with Gasteiger partial charge in [-0.15, -0.1) is 6.42 Å². The molecule has 1 atom stereocenters. The number of carbonyl (C=O) groups excluding carboxylic acids is 1. The first-order valence-electron chi connectivity index (χ1n) is 7.03. The number of aryl methyl sites for hydroxylation is 1. The third-order valence-corrected chi connectivity index (χ3v) is 3.67. The summed E-state index contributed by atoms with van der Waals surface area (Å²) in [6.45, 7) is 2.22. The molecule has 0 saturated heterocycles. The van der Waals surface area contributed by atoms with Gasteiger partial charge < -0.3 is 4.74 Å². The van der Waals surface area contributed by atoms with Crippen LogP contribution in [-0.4, -0.2) is 10.1 Å². The van der Waals surface area contributed by atoms with Gasteiger partial charge in [-0.25, -0.2) is 0 Å². The van der Waals surface area contributed by atoms with Gasteiger partial charge in [0.1, 0.15) is 0 Å². The zero-order valence-electron chi connectivity index (χ0n) is 11.9. The van der Waals surface area contributed by atoms with Crippen LogP contribution in [0.3, 0.4) is 0 Å². The van der Waals surface area contributed by atoms with Crippen molar-refractivity contribution in [1.29, 1.82) is 0 Å². The van der Waals surface area contributed by atoms with Gasteiger partial charge in [0.15, 0.2) is 0 Å². The maximum Gasteiger partial charge on any atom is 0.312 e. The molecule has 3 heteroatoms.